The summed E-state index contributed by atoms with van der Waals surface area (Å²) in [5.41, 5.74) is 8.59. The number of halogens is 1. The lowest BCUT2D eigenvalue weighted by Gasteiger charge is -2.41. The van der Waals surface area contributed by atoms with Crippen LogP contribution in [0.15, 0.2) is 22.7 Å². The van der Waals surface area contributed by atoms with Crippen LogP contribution in [0.1, 0.15) is 38.2 Å². The van der Waals surface area contributed by atoms with E-state index in [2.05, 4.69) is 53.3 Å². The van der Waals surface area contributed by atoms with E-state index in [1.165, 1.54) is 36.9 Å². The molecule has 0 amide bonds. The van der Waals surface area contributed by atoms with Gasteiger partial charge in [0.05, 0.1) is 0 Å². The lowest BCUT2D eigenvalue weighted by Crippen LogP contribution is -2.48. The van der Waals surface area contributed by atoms with E-state index in [1.54, 1.807) is 0 Å². The number of nitrogens with two attached hydrogens (primary N) is 1. The molecule has 18 heavy (non-hydrogen) atoms. The van der Waals surface area contributed by atoms with Gasteiger partial charge >= 0.3 is 0 Å². The molecule has 1 aromatic carbocycles. The van der Waals surface area contributed by atoms with Gasteiger partial charge in [0.25, 0.3) is 0 Å². The molecule has 3 N–H and O–H groups in total. The fraction of sp³-hybridized carbons (Fsp3) is 0.600. The second-order valence-electron chi connectivity index (χ2n) is 5.83. The average Bonchev–Trinajstić information content (AvgIpc) is 2.27. The Labute approximate surface area is 118 Å². The molecular formula is C15H23BrN2. The topological polar surface area (TPSA) is 38.0 Å². The quantitative estimate of drug-likeness (QED) is 0.883. The Morgan fingerprint density at radius 2 is 2.22 bits per heavy atom. The third-order valence-electron chi connectivity index (χ3n) is 3.93. The van der Waals surface area contributed by atoms with Crippen LogP contribution in [0.2, 0.25) is 0 Å². The molecule has 2 rings (SSSR count). The van der Waals surface area contributed by atoms with Crippen LogP contribution in [0.25, 0.3) is 0 Å². The van der Waals surface area contributed by atoms with E-state index in [0.29, 0.717) is 6.54 Å². The minimum atomic E-state index is 0.0882. The van der Waals surface area contributed by atoms with Gasteiger partial charge in [0.1, 0.15) is 0 Å². The van der Waals surface area contributed by atoms with Crippen molar-refractivity contribution >= 4 is 21.6 Å². The Morgan fingerprint density at radius 3 is 2.83 bits per heavy atom. The molecular weight excluding hydrogens is 288 g/mol. The highest BCUT2D eigenvalue weighted by atomic mass is 79.9. The van der Waals surface area contributed by atoms with Crippen molar-refractivity contribution in [2.75, 3.05) is 11.9 Å². The van der Waals surface area contributed by atoms with Gasteiger partial charge in [-0.3, -0.25) is 0 Å². The first kappa shape index (κ1) is 13.9. The first-order chi connectivity index (χ1) is 8.53. The Hall–Kier alpha value is -0.540. The van der Waals surface area contributed by atoms with Gasteiger partial charge in [-0.1, -0.05) is 35.7 Å². The zero-order chi connectivity index (χ0) is 13.2. The monoisotopic (exact) mass is 310 g/mol. The molecule has 2 nitrogen and oxygen atoms in total. The number of benzene rings is 1. The molecule has 0 bridgehead atoms. The van der Waals surface area contributed by atoms with Crippen LogP contribution in [0.4, 0.5) is 5.69 Å². The van der Waals surface area contributed by atoms with E-state index in [0.717, 1.165) is 10.4 Å². The lowest BCUT2D eigenvalue weighted by atomic mass is 9.76. The summed E-state index contributed by atoms with van der Waals surface area (Å²) in [6.07, 6.45) is 4.97. The maximum absolute atomic E-state index is 6.05. The van der Waals surface area contributed by atoms with Crippen molar-refractivity contribution in [2.45, 2.75) is 45.1 Å². The summed E-state index contributed by atoms with van der Waals surface area (Å²) < 4.78 is 1.13. The van der Waals surface area contributed by atoms with Crippen molar-refractivity contribution in [2.24, 2.45) is 11.7 Å². The van der Waals surface area contributed by atoms with Gasteiger partial charge in [0, 0.05) is 22.2 Å². The molecule has 1 aliphatic rings. The summed E-state index contributed by atoms with van der Waals surface area (Å²) in [5.74, 6) is 0.767. The molecule has 0 saturated heterocycles. The van der Waals surface area contributed by atoms with E-state index < -0.39 is 0 Å². The minimum Gasteiger partial charge on any atom is -0.378 e. The second kappa shape index (κ2) is 5.62. The number of hydrogen-bond acceptors (Lipinski definition) is 2. The van der Waals surface area contributed by atoms with Crippen molar-refractivity contribution in [3.05, 3.63) is 28.2 Å². The predicted molar refractivity (Wildman–Crippen MR) is 81.9 cm³/mol. The summed E-state index contributed by atoms with van der Waals surface area (Å²) in [7, 11) is 0. The molecule has 2 atom stereocenters. The van der Waals surface area contributed by atoms with Crippen LogP contribution < -0.4 is 11.1 Å². The van der Waals surface area contributed by atoms with Crippen molar-refractivity contribution in [3.63, 3.8) is 0 Å². The third kappa shape index (κ3) is 3.27. The summed E-state index contributed by atoms with van der Waals surface area (Å²) in [6, 6.07) is 6.47. The Morgan fingerprint density at radius 1 is 1.44 bits per heavy atom. The molecule has 2 unspecified atom stereocenters. The fourth-order valence-electron chi connectivity index (χ4n) is 3.12. The van der Waals surface area contributed by atoms with Gasteiger partial charge in [0.15, 0.2) is 0 Å². The average molecular weight is 311 g/mol. The van der Waals surface area contributed by atoms with E-state index in [1.807, 2.05) is 0 Å². The molecule has 0 radical (unpaired) electrons. The molecule has 0 spiro atoms. The molecule has 0 heterocycles. The number of anilines is 1. The van der Waals surface area contributed by atoms with Crippen molar-refractivity contribution < 1.29 is 0 Å². The molecule has 3 heteroatoms. The van der Waals surface area contributed by atoms with Gasteiger partial charge in [0.2, 0.25) is 0 Å². The molecule has 0 aliphatic heterocycles. The van der Waals surface area contributed by atoms with Crippen molar-refractivity contribution in [1.82, 2.24) is 0 Å². The molecule has 1 fully saturated rings. The normalized spacial score (nSPS) is 28.1. The number of nitrogens with one attached hydrogen (secondary N) is 1. The summed E-state index contributed by atoms with van der Waals surface area (Å²) in [4.78, 5) is 0. The first-order valence-corrected chi connectivity index (χ1v) is 7.58. The van der Waals surface area contributed by atoms with Crippen LogP contribution in [0.3, 0.4) is 0 Å². The Kier molecular flexibility index (Phi) is 4.33. The first-order valence-electron chi connectivity index (χ1n) is 6.78. The van der Waals surface area contributed by atoms with E-state index in [9.17, 15) is 0 Å². The van der Waals surface area contributed by atoms with Crippen LogP contribution in [-0.4, -0.2) is 12.1 Å². The summed E-state index contributed by atoms with van der Waals surface area (Å²) in [5, 5.41) is 3.70. The summed E-state index contributed by atoms with van der Waals surface area (Å²) >= 11 is 3.56. The van der Waals surface area contributed by atoms with Crippen LogP contribution >= 0.6 is 15.9 Å². The van der Waals surface area contributed by atoms with Gasteiger partial charge < -0.3 is 11.1 Å². The highest BCUT2D eigenvalue weighted by Gasteiger charge is 2.33. The van der Waals surface area contributed by atoms with Gasteiger partial charge in [-0.25, -0.2) is 0 Å². The molecule has 1 saturated carbocycles. The predicted octanol–water partition coefficient (Wildman–Crippen LogP) is 4.08. The zero-order valence-electron chi connectivity index (χ0n) is 11.3. The van der Waals surface area contributed by atoms with Gasteiger partial charge in [-0.2, -0.15) is 0 Å². The van der Waals surface area contributed by atoms with E-state index in [4.69, 9.17) is 5.73 Å². The summed E-state index contributed by atoms with van der Waals surface area (Å²) in [6.45, 7) is 5.16. The maximum atomic E-state index is 6.05. The zero-order valence-corrected chi connectivity index (χ0v) is 12.9. The smallest absolute Gasteiger partial charge is 0.0498 e. The minimum absolute atomic E-state index is 0.0882. The SMILES string of the molecule is Cc1cc(Br)cc(NC2(CN)CCCC(C)C2)c1. The maximum Gasteiger partial charge on any atom is 0.0498 e. The second-order valence-corrected chi connectivity index (χ2v) is 6.74. The molecule has 1 aliphatic carbocycles. The Bertz CT molecular complexity index is 399. The van der Waals surface area contributed by atoms with E-state index in [-0.39, 0.29) is 5.54 Å². The van der Waals surface area contributed by atoms with Crippen molar-refractivity contribution in [1.29, 1.82) is 0 Å². The number of aryl methyl sites for hydroxylation is 1. The fourth-order valence-corrected chi connectivity index (χ4v) is 3.73. The van der Waals surface area contributed by atoms with Crippen LogP contribution in [0, 0.1) is 12.8 Å². The number of hydrogen-bond donors (Lipinski definition) is 2. The third-order valence-corrected chi connectivity index (χ3v) is 4.39. The standard InChI is InChI=1S/C15H23BrN2/c1-11-4-3-5-15(9-11,10-17)18-14-7-12(2)6-13(16)8-14/h6-8,11,18H,3-5,9-10,17H2,1-2H3. The molecule has 0 aromatic heterocycles. The largest absolute Gasteiger partial charge is 0.378 e. The molecule has 100 valence electrons. The van der Waals surface area contributed by atoms with Crippen molar-refractivity contribution in [3.8, 4) is 0 Å². The highest BCUT2D eigenvalue weighted by Crippen LogP contribution is 2.35. The van der Waals surface area contributed by atoms with Gasteiger partial charge in [-0.05, 0) is 49.4 Å². The lowest BCUT2D eigenvalue weighted by molar-refractivity contribution is 0.264. The molecule has 1 aromatic rings. The van der Waals surface area contributed by atoms with Gasteiger partial charge in [-0.15, -0.1) is 0 Å². The van der Waals surface area contributed by atoms with E-state index >= 15 is 0 Å². The van der Waals surface area contributed by atoms with Crippen LogP contribution in [-0.2, 0) is 0 Å². The Balaban J connectivity index is 2.18. The number of rotatable bonds is 3. The highest BCUT2D eigenvalue weighted by molar-refractivity contribution is 9.10. The van der Waals surface area contributed by atoms with Crippen LogP contribution in [0.5, 0.6) is 0 Å².